The largest absolute Gasteiger partial charge is 0.508 e. The molecule has 3 atom stereocenters. The van der Waals surface area contributed by atoms with Crippen molar-refractivity contribution in [3.8, 4) is 5.75 Å². The summed E-state index contributed by atoms with van der Waals surface area (Å²) in [4.78, 5) is 25.1. The van der Waals surface area contributed by atoms with Crippen LogP contribution in [0.25, 0.3) is 0 Å². The lowest BCUT2D eigenvalue weighted by molar-refractivity contribution is -0.156. The summed E-state index contributed by atoms with van der Waals surface area (Å²) in [5.41, 5.74) is 5.54. The van der Waals surface area contributed by atoms with E-state index >= 15 is 0 Å². The van der Waals surface area contributed by atoms with Gasteiger partial charge < -0.3 is 20.8 Å². The number of aromatic hydroxyl groups is 1. The highest BCUT2D eigenvalue weighted by molar-refractivity contribution is 8.00. The van der Waals surface area contributed by atoms with Gasteiger partial charge in [0.25, 0.3) is 0 Å². The van der Waals surface area contributed by atoms with E-state index in [-0.39, 0.29) is 23.6 Å². The first-order valence-electron chi connectivity index (χ1n) is 6.62. The van der Waals surface area contributed by atoms with E-state index in [2.05, 4.69) is 0 Å². The Morgan fingerprint density at radius 3 is 2.71 bits per heavy atom. The van der Waals surface area contributed by atoms with E-state index in [0.717, 1.165) is 5.56 Å². The average molecular weight is 308 g/mol. The van der Waals surface area contributed by atoms with Gasteiger partial charge in [-0.15, -0.1) is 11.8 Å². The molecule has 1 aromatic rings. The number of nitrogens with zero attached hydrogens (tertiary/aromatic N) is 1. The molecule has 0 aliphatic carbocycles. The molecule has 21 heavy (non-hydrogen) atoms. The number of rotatable bonds is 3. The number of carbonyl (C=O) groups excluding carboxylic acids is 1. The molecule has 3 rings (SSSR count). The van der Waals surface area contributed by atoms with E-state index in [0.29, 0.717) is 12.2 Å². The number of phenols is 1. The van der Waals surface area contributed by atoms with Crippen molar-refractivity contribution in [1.29, 1.82) is 0 Å². The fraction of sp³-hybridized carbons (Fsp3) is 0.429. The molecule has 2 heterocycles. The number of benzene rings is 1. The molecule has 4 N–H and O–H groups in total. The van der Waals surface area contributed by atoms with Crippen LogP contribution in [-0.2, 0) is 16.0 Å². The van der Waals surface area contributed by atoms with Gasteiger partial charge in [0.2, 0.25) is 5.91 Å². The number of hydrogen-bond donors (Lipinski definition) is 3. The summed E-state index contributed by atoms with van der Waals surface area (Å²) < 4.78 is 0. The van der Waals surface area contributed by atoms with Gasteiger partial charge in [0, 0.05) is 12.3 Å². The quantitative estimate of drug-likeness (QED) is 0.692. The number of nitrogens with two attached hydrogens (primary N) is 1. The Morgan fingerprint density at radius 2 is 2.10 bits per heavy atom. The third kappa shape index (κ3) is 2.26. The third-order valence-electron chi connectivity index (χ3n) is 4.12. The van der Waals surface area contributed by atoms with Gasteiger partial charge >= 0.3 is 5.97 Å². The second kappa shape index (κ2) is 4.92. The molecular formula is C14H16N2O4S. The molecule has 1 amide bonds. The number of hydrogen-bond acceptors (Lipinski definition) is 5. The van der Waals surface area contributed by atoms with Crippen molar-refractivity contribution in [2.45, 2.75) is 17.8 Å². The molecule has 0 spiro atoms. The van der Waals surface area contributed by atoms with Crippen LogP contribution >= 0.6 is 11.8 Å². The first kappa shape index (κ1) is 14.2. The van der Waals surface area contributed by atoms with Crippen molar-refractivity contribution < 1.29 is 19.8 Å². The van der Waals surface area contributed by atoms with Crippen molar-refractivity contribution in [3.63, 3.8) is 0 Å². The summed E-state index contributed by atoms with van der Waals surface area (Å²) in [5.74, 6) is -0.519. The minimum absolute atomic E-state index is 0.0928. The lowest BCUT2D eigenvalue weighted by atomic mass is 9.81. The second-order valence-corrected chi connectivity index (χ2v) is 6.73. The Balaban J connectivity index is 1.82. The van der Waals surface area contributed by atoms with E-state index in [4.69, 9.17) is 5.73 Å². The van der Waals surface area contributed by atoms with E-state index in [9.17, 15) is 19.8 Å². The Morgan fingerprint density at radius 1 is 1.43 bits per heavy atom. The van der Waals surface area contributed by atoms with E-state index in [1.807, 2.05) is 0 Å². The van der Waals surface area contributed by atoms with Crippen LogP contribution in [0.2, 0.25) is 0 Å². The maximum Gasteiger partial charge on any atom is 0.312 e. The van der Waals surface area contributed by atoms with E-state index in [1.54, 1.807) is 17.0 Å². The molecular weight excluding hydrogens is 292 g/mol. The zero-order valence-corrected chi connectivity index (χ0v) is 12.0. The average Bonchev–Trinajstić information content (AvgIpc) is 2.48. The van der Waals surface area contributed by atoms with E-state index < -0.39 is 17.4 Å². The van der Waals surface area contributed by atoms with Crippen molar-refractivity contribution in [2.24, 2.45) is 11.1 Å². The maximum absolute atomic E-state index is 11.8. The molecule has 1 aromatic carbocycles. The summed E-state index contributed by atoms with van der Waals surface area (Å²) in [6.07, 6.45) is 0.321. The zero-order chi connectivity index (χ0) is 15.2. The van der Waals surface area contributed by atoms with Crippen molar-refractivity contribution in [3.05, 3.63) is 29.8 Å². The molecule has 7 heteroatoms. The molecule has 2 fully saturated rings. The van der Waals surface area contributed by atoms with Crippen LogP contribution in [0.5, 0.6) is 5.75 Å². The monoisotopic (exact) mass is 308 g/mol. The standard InChI is InChI=1S/C14H16N2O4S/c15-10-11(18)16-6-14(13(19)20,7-21-12(10)16)5-8-1-3-9(17)4-2-8/h1-4,10,12,17H,5-7,15H2,(H,19,20)/t10?,12-,14?/m1/s1. The van der Waals surface area contributed by atoms with Crippen LogP contribution in [0.3, 0.4) is 0 Å². The maximum atomic E-state index is 11.8. The molecule has 0 radical (unpaired) electrons. The Hall–Kier alpha value is -1.73. The van der Waals surface area contributed by atoms with Gasteiger partial charge in [-0.1, -0.05) is 12.1 Å². The van der Waals surface area contributed by atoms with Gasteiger partial charge in [-0.3, -0.25) is 9.59 Å². The zero-order valence-electron chi connectivity index (χ0n) is 11.2. The molecule has 0 saturated carbocycles. The SMILES string of the molecule is NC1C(=O)N2CC(Cc3ccc(O)cc3)(C(=O)O)CS[C@H]12. The number of β-lactam (4-membered cyclic amide) rings is 1. The van der Waals surface area contributed by atoms with Crippen LogP contribution in [0.15, 0.2) is 24.3 Å². The highest BCUT2D eigenvalue weighted by Gasteiger charge is 2.55. The van der Waals surface area contributed by atoms with Crippen molar-refractivity contribution >= 4 is 23.6 Å². The van der Waals surface area contributed by atoms with Crippen molar-refractivity contribution in [1.82, 2.24) is 4.90 Å². The van der Waals surface area contributed by atoms with Gasteiger partial charge in [0.15, 0.2) is 0 Å². The number of thioether (sulfide) groups is 1. The van der Waals surface area contributed by atoms with Crippen LogP contribution in [0.1, 0.15) is 5.56 Å². The summed E-state index contributed by atoms with van der Waals surface area (Å²) >= 11 is 1.43. The summed E-state index contributed by atoms with van der Waals surface area (Å²) in [5, 5.41) is 18.9. The Kier molecular flexibility index (Phi) is 3.33. The molecule has 0 bridgehead atoms. The molecule has 112 valence electrons. The second-order valence-electron chi connectivity index (χ2n) is 5.62. The first-order valence-corrected chi connectivity index (χ1v) is 7.67. The number of carboxylic acids is 1. The molecule has 2 saturated heterocycles. The van der Waals surface area contributed by atoms with Crippen molar-refractivity contribution in [2.75, 3.05) is 12.3 Å². The highest BCUT2D eigenvalue weighted by Crippen LogP contribution is 2.43. The van der Waals surface area contributed by atoms with E-state index in [1.165, 1.54) is 23.9 Å². The molecule has 2 aliphatic heterocycles. The third-order valence-corrected chi connectivity index (χ3v) is 5.73. The summed E-state index contributed by atoms with van der Waals surface area (Å²) in [7, 11) is 0. The number of fused-ring (bicyclic) bond motifs is 1. The number of aliphatic carboxylic acids is 1. The van der Waals surface area contributed by atoms with Crippen LogP contribution in [0, 0.1) is 5.41 Å². The minimum Gasteiger partial charge on any atom is -0.508 e. The lowest BCUT2D eigenvalue weighted by Crippen LogP contribution is -2.72. The molecule has 0 aromatic heterocycles. The molecule has 2 unspecified atom stereocenters. The van der Waals surface area contributed by atoms with Crippen LogP contribution in [-0.4, -0.2) is 50.7 Å². The Labute approximate surface area is 125 Å². The number of phenolic OH excluding ortho intramolecular Hbond substituents is 1. The Bertz CT molecular complexity index is 591. The lowest BCUT2D eigenvalue weighted by Gasteiger charge is -2.52. The number of amides is 1. The summed E-state index contributed by atoms with van der Waals surface area (Å²) in [6, 6.07) is 5.99. The fourth-order valence-electron chi connectivity index (χ4n) is 2.85. The van der Waals surface area contributed by atoms with Gasteiger partial charge in [-0.25, -0.2) is 0 Å². The molecule has 6 nitrogen and oxygen atoms in total. The smallest absolute Gasteiger partial charge is 0.312 e. The minimum atomic E-state index is -1.01. The number of carbonyl (C=O) groups is 2. The first-order chi connectivity index (χ1) is 9.93. The summed E-state index contributed by atoms with van der Waals surface area (Å²) in [6.45, 7) is 0.188. The fourth-order valence-corrected chi connectivity index (χ4v) is 4.33. The van der Waals surface area contributed by atoms with Gasteiger partial charge in [0.05, 0.1) is 5.41 Å². The molecule has 2 aliphatic rings. The number of carboxylic acid groups (broad SMARTS) is 1. The van der Waals surface area contributed by atoms with Gasteiger partial charge in [0.1, 0.15) is 17.2 Å². The predicted octanol–water partition coefficient (Wildman–Crippen LogP) is 0.248. The predicted molar refractivity (Wildman–Crippen MR) is 77.8 cm³/mol. The van der Waals surface area contributed by atoms with Crippen LogP contribution < -0.4 is 5.73 Å². The van der Waals surface area contributed by atoms with Gasteiger partial charge in [-0.2, -0.15) is 0 Å². The van der Waals surface area contributed by atoms with Gasteiger partial charge in [-0.05, 0) is 24.1 Å². The highest BCUT2D eigenvalue weighted by atomic mass is 32.2. The normalized spacial score (nSPS) is 31.5. The topological polar surface area (TPSA) is 104 Å². The van der Waals surface area contributed by atoms with Crippen LogP contribution in [0.4, 0.5) is 0 Å².